The molecule has 15 heavy (non-hydrogen) atoms. The van der Waals surface area contributed by atoms with Crippen LogP contribution < -0.4 is 5.73 Å². The van der Waals surface area contributed by atoms with Crippen LogP contribution in [0.5, 0.6) is 5.75 Å². The van der Waals surface area contributed by atoms with Gasteiger partial charge in [-0.3, -0.25) is 0 Å². The molecule has 76 valence electrons. The van der Waals surface area contributed by atoms with E-state index in [9.17, 15) is 0 Å². The molecule has 3 N–H and O–H groups in total. The number of rotatable bonds is 1. The zero-order valence-electron chi connectivity index (χ0n) is 8.44. The second-order valence-corrected chi connectivity index (χ2v) is 3.47. The van der Waals surface area contributed by atoms with Crippen LogP contribution in [0.2, 0.25) is 0 Å². The van der Waals surface area contributed by atoms with E-state index in [2.05, 4.69) is 4.98 Å². The summed E-state index contributed by atoms with van der Waals surface area (Å²) in [5.74, 6) is 0.816. The van der Waals surface area contributed by atoms with Crippen molar-refractivity contribution in [3.63, 3.8) is 0 Å². The van der Waals surface area contributed by atoms with Crippen LogP contribution in [-0.2, 0) is 0 Å². The predicted molar refractivity (Wildman–Crippen MR) is 60.5 cm³/mol. The third-order valence-corrected chi connectivity index (χ3v) is 2.32. The molecule has 3 nitrogen and oxygen atoms in total. The number of aromatic hydroxyl groups is 1. The third kappa shape index (κ3) is 1.91. The van der Waals surface area contributed by atoms with Crippen LogP contribution in [0.1, 0.15) is 5.56 Å². The van der Waals surface area contributed by atoms with Gasteiger partial charge >= 0.3 is 0 Å². The number of anilines is 1. The first-order chi connectivity index (χ1) is 7.16. The molecule has 0 unspecified atom stereocenters. The van der Waals surface area contributed by atoms with Crippen molar-refractivity contribution in [3.8, 4) is 16.9 Å². The molecule has 0 bridgehead atoms. The number of phenolic OH excluding ortho intramolecular Hbond substituents is 1. The van der Waals surface area contributed by atoms with Gasteiger partial charge in [0.2, 0.25) is 0 Å². The van der Waals surface area contributed by atoms with E-state index in [1.807, 2.05) is 25.1 Å². The number of hydrogen-bond acceptors (Lipinski definition) is 3. The summed E-state index contributed by atoms with van der Waals surface area (Å²) in [5, 5.41) is 9.17. The smallest absolute Gasteiger partial charge is 0.126 e. The van der Waals surface area contributed by atoms with E-state index in [0.29, 0.717) is 5.82 Å². The van der Waals surface area contributed by atoms with E-state index in [4.69, 9.17) is 10.8 Å². The average Bonchev–Trinajstić information content (AvgIpc) is 2.23. The molecule has 0 spiro atoms. The van der Waals surface area contributed by atoms with Crippen LogP contribution in [0.15, 0.2) is 36.5 Å². The number of nitrogens with two attached hydrogens (primary N) is 1. The highest BCUT2D eigenvalue weighted by atomic mass is 16.3. The summed E-state index contributed by atoms with van der Waals surface area (Å²) in [6.07, 6.45) is 1.73. The molecule has 0 aliphatic heterocycles. The molecule has 0 aliphatic carbocycles. The number of aryl methyl sites for hydroxylation is 1. The Morgan fingerprint density at radius 3 is 2.40 bits per heavy atom. The number of pyridine rings is 1. The van der Waals surface area contributed by atoms with Crippen molar-refractivity contribution in [1.82, 2.24) is 4.98 Å². The van der Waals surface area contributed by atoms with Gasteiger partial charge in [0.25, 0.3) is 0 Å². The Morgan fingerprint density at radius 1 is 1.13 bits per heavy atom. The Morgan fingerprint density at radius 2 is 1.80 bits per heavy atom. The molecule has 0 radical (unpaired) electrons. The van der Waals surface area contributed by atoms with Crippen molar-refractivity contribution in [2.75, 3.05) is 5.73 Å². The fourth-order valence-corrected chi connectivity index (χ4v) is 1.40. The minimum Gasteiger partial charge on any atom is -0.508 e. The molecule has 3 heteroatoms. The van der Waals surface area contributed by atoms with E-state index in [-0.39, 0.29) is 5.75 Å². The maximum Gasteiger partial charge on any atom is 0.126 e. The van der Waals surface area contributed by atoms with E-state index < -0.39 is 0 Å². The minimum atomic E-state index is 0.263. The normalized spacial score (nSPS) is 10.2. The number of benzene rings is 1. The maximum absolute atomic E-state index is 9.17. The van der Waals surface area contributed by atoms with Gasteiger partial charge in [-0.05, 0) is 36.2 Å². The van der Waals surface area contributed by atoms with Gasteiger partial charge in [0.1, 0.15) is 11.6 Å². The molecule has 0 amide bonds. The molecule has 0 fully saturated rings. The summed E-state index contributed by atoms with van der Waals surface area (Å²) in [4.78, 5) is 4.09. The lowest BCUT2D eigenvalue weighted by Gasteiger charge is -2.04. The number of aromatic nitrogens is 1. The van der Waals surface area contributed by atoms with Crippen LogP contribution in [-0.4, -0.2) is 10.1 Å². The second kappa shape index (κ2) is 3.61. The predicted octanol–water partition coefficient (Wildman–Crippen LogP) is 2.34. The molecular formula is C12H12N2O. The van der Waals surface area contributed by atoms with E-state index in [0.717, 1.165) is 16.7 Å². The fraction of sp³-hybridized carbons (Fsp3) is 0.0833. The fourth-order valence-electron chi connectivity index (χ4n) is 1.40. The number of nitrogen functional groups attached to an aromatic ring is 1. The Bertz CT molecular complexity index is 477. The van der Waals surface area contributed by atoms with Crippen molar-refractivity contribution >= 4 is 5.82 Å². The molecule has 0 saturated carbocycles. The summed E-state index contributed by atoms with van der Waals surface area (Å²) in [6, 6.07) is 8.99. The lowest BCUT2D eigenvalue weighted by atomic mass is 10.1. The molecule has 0 saturated heterocycles. The van der Waals surface area contributed by atoms with Crippen LogP contribution in [0, 0.1) is 6.92 Å². The van der Waals surface area contributed by atoms with Crippen molar-refractivity contribution in [2.45, 2.75) is 6.92 Å². The SMILES string of the molecule is Cc1cc(-c2ccc(O)cc2)cnc1N. The summed E-state index contributed by atoms with van der Waals surface area (Å²) in [7, 11) is 0. The quantitative estimate of drug-likeness (QED) is 0.742. The van der Waals surface area contributed by atoms with E-state index in [1.165, 1.54) is 0 Å². The Balaban J connectivity index is 2.45. The lowest BCUT2D eigenvalue weighted by molar-refractivity contribution is 0.475. The van der Waals surface area contributed by atoms with Gasteiger partial charge in [-0.2, -0.15) is 0 Å². The standard InChI is InChI=1S/C12H12N2O/c1-8-6-10(7-14-12(8)13)9-2-4-11(15)5-3-9/h2-7,15H,1H3,(H2,13,14). The van der Waals surface area contributed by atoms with Crippen molar-refractivity contribution in [3.05, 3.63) is 42.1 Å². The molecular weight excluding hydrogens is 188 g/mol. The highest BCUT2D eigenvalue weighted by Gasteiger charge is 2.00. The lowest BCUT2D eigenvalue weighted by Crippen LogP contribution is -1.93. The Hall–Kier alpha value is -2.03. The van der Waals surface area contributed by atoms with Gasteiger partial charge in [0, 0.05) is 11.8 Å². The van der Waals surface area contributed by atoms with Gasteiger partial charge in [-0.25, -0.2) is 4.98 Å². The minimum absolute atomic E-state index is 0.263. The third-order valence-electron chi connectivity index (χ3n) is 2.32. The summed E-state index contributed by atoms with van der Waals surface area (Å²) in [6.45, 7) is 1.92. The van der Waals surface area contributed by atoms with E-state index >= 15 is 0 Å². The van der Waals surface area contributed by atoms with Gasteiger partial charge in [0.05, 0.1) is 0 Å². The molecule has 0 atom stereocenters. The molecule has 0 aliphatic rings. The van der Waals surface area contributed by atoms with Crippen molar-refractivity contribution in [2.24, 2.45) is 0 Å². The average molecular weight is 200 g/mol. The molecule has 1 heterocycles. The number of phenols is 1. The van der Waals surface area contributed by atoms with Crippen molar-refractivity contribution in [1.29, 1.82) is 0 Å². The van der Waals surface area contributed by atoms with Gasteiger partial charge in [-0.15, -0.1) is 0 Å². The molecule has 1 aromatic heterocycles. The molecule has 2 rings (SSSR count). The van der Waals surface area contributed by atoms with Crippen LogP contribution in [0.25, 0.3) is 11.1 Å². The summed E-state index contributed by atoms with van der Waals surface area (Å²) in [5.41, 5.74) is 8.62. The maximum atomic E-state index is 9.17. The monoisotopic (exact) mass is 200 g/mol. The largest absolute Gasteiger partial charge is 0.508 e. The highest BCUT2D eigenvalue weighted by Crippen LogP contribution is 2.23. The molecule has 1 aromatic carbocycles. The highest BCUT2D eigenvalue weighted by molar-refractivity contribution is 5.65. The van der Waals surface area contributed by atoms with Crippen LogP contribution >= 0.6 is 0 Å². The van der Waals surface area contributed by atoms with Crippen molar-refractivity contribution < 1.29 is 5.11 Å². The summed E-state index contributed by atoms with van der Waals surface area (Å²) < 4.78 is 0. The van der Waals surface area contributed by atoms with Crippen LogP contribution in [0.3, 0.4) is 0 Å². The first kappa shape index (κ1) is 9.52. The zero-order chi connectivity index (χ0) is 10.8. The second-order valence-electron chi connectivity index (χ2n) is 3.47. The van der Waals surface area contributed by atoms with E-state index in [1.54, 1.807) is 18.3 Å². The topological polar surface area (TPSA) is 59.1 Å². The first-order valence-electron chi connectivity index (χ1n) is 4.68. The first-order valence-corrected chi connectivity index (χ1v) is 4.68. The number of hydrogen-bond donors (Lipinski definition) is 2. The van der Waals surface area contributed by atoms with Gasteiger partial charge < -0.3 is 10.8 Å². The molecule has 2 aromatic rings. The summed E-state index contributed by atoms with van der Waals surface area (Å²) >= 11 is 0. The Labute approximate surface area is 88.2 Å². The van der Waals surface area contributed by atoms with Gasteiger partial charge in [-0.1, -0.05) is 12.1 Å². The number of nitrogens with zero attached hydrogens (tertiary/aromatic N) is 1. The Kier molecular flexibility index (Phi) is 2.29. The van der Waals surface area contributed by atoms with Crippen LogP contribution in [0.4, 0.5) is 5.82 Å². The zero-order valence-corrected chi connectivity index (χ0v) is 8.44. The van der Waals surface area contributed by atoms with Gasteiger partial charge in [0.15, 0.2) is 0 Å².